The van der Waals surface area contributed by atoms with Gasteiger partial charge in [-0.3, -0.25) is 0 Å². The Hall–Kier alpha value is -1.77. The van der Waals surface area contributed by atoms with E-state index < -0.39 is 5.82 Å². The number of pyridine rings is 2. The summed E-state index contributed by atoms with van der Waals surface area (Å²) in [6.45, 7) is 5.72. The van der Waals surface area contributed by atoms with Crippen molar-refractivity contribution in [2.75, 3.05) is 36.8 Å². The number of hydrogen-bond donors (Lipinski definition) is 2. The first-order chi connectivity index (χ1) is 14.9. The van der Waals surface area contributed by atoms with Crippen molar-refractivity contribution in [2.24, 2.45) is 0 Å². The number of halogens is 4. The second-order valence-electron chi connectivity index (χ2n) is 7.27. The van der Waals surface area contributed by atoms with Crippen molar-refractivity contribution in [1.29, 1.82) is 0 Å². The Kier molecular flexibility index (Phi) is 8.47. The minimum absolute atomic E-state index is 0. The highest BCUT2D eigenvalue weighted by Crippen LogP contribution is 2.44. The van der Waals surface area contributed by atoms with Crippen LogP contribution in [0.5, 0.6) is 0 Å². The van der Waals surface area contributed by atoms with Gasteiger partial charge < -0.3 is 16.0 Å². The van der Waals surface area contributed by atoms with E-state index in [1.165, 1.54) is 23.9 Å². The molecular weight excluding hydrogens is 492 g/mol. The predicted octanol–water partition coefficient (Wildman–Crippen LogP) is 5.86. The van der Waals surface area contributed by atoms with Crippen molar-refractivity contribution in [3.05, 3.63) is 64.2 Å². The monoisotopic (exact) mass is 513 g/mol. The Morgan fingerprint density at radius 1 is 1.09 bits per heavy atom. The van der Waals surface area contributed by atoms with Crippen LogP contribution in [0, 0.1) is 5.82 Å². The van der Waals surface area contributed by atoms with E-state index in [1.54, 1.807) is 6.20 Å². The second kappa shape index (κ2) is 10.9. The topological polar surface area (TPSA) is 67.1 Å². The molecule has 0 amide bonds. The number of nitrogens with two attached hydrogens (primary N) is 1. The van der Waals surface area contributed by atoms with Gasteiger partial charge in [0.1, 0.15) is 17.5 Å². The molecule has 1 atom stereocenters. The summed E-state index contributed by atoms with van der Waals surface area (Å²) in [7, 11) is 0. The maximum Gasteiger partial charge on any atom is 0.142 e. The quantitative estimate of drug-likeness (QED) is 0.328. The van der Waals surface area contributed by atoms with Gasteiger partial charge in [0.25, 0.3) is 0 Å². The number of nitrogens with zero attached hydrogens (tertiary/aromatic N) is 3. The third kappa shape index (κ3) is 5.41. The van der Waals surface area contributed by atoms with E-state index in [0.717, 1.165) is 48.0 Å². The van der Waals surface area contributed by atoms with Crippen LogP contribution in [0.2, 0.25) is 10.0 Å². The largest absolute Gasteiger partial charge is 0.383 e. The molecular formula is C22H23Cl3FN5S. The third-order valence-corrected chi connectivity index (χ3v) is 7.08. The van der Waals surface area contributed by atoms with Crippen molar-refractivity contribution in [3.63, 3.8) is 0 Å². The molecule has 1 aromatic carbocycles. The lowest BCUT2D eigenvalue weighted by Crippen LogP contribution is -2.43. The SMILES string of the molecule is CC(Sc1cc(-c2ccc(N3CCNCC3)nc2)cnc1N)c1c(Cl)ccc(F)c1Cl.Cl. The lowest BCUT2D eigenvalue weighted by Gasteiger charge is -2.28. The van der Waals surface area contributed by atoms with E-state index in [9.17, 15) is 4.39 Å². The van der Waals surface area contributed by atoms with Crippen molar-refractivity contribution in [1.82, 2.24) is 15.3 Å². The predicted molar refractivity (Wildman–Crippen MR) is 135 cm³/mol. The molecule has 0 spiro atoms. The molecule has 0 bridgehead atoms. The molecule has 0 radical (unpaired) electrons. The number of piperazine rings is 1. The van der Waals surface area contributed by atoms with Gasteiger partial charge in [0.15, 0.2) is 0 Å². The third-order valence-electron chi connectivity index (χ3n) is 5.19. The Bertz CT molecular complexity index is 1080. The fraction of sp³-hybridized carbons (Fsp3) is 0.273. The molecule has 170 valence electrons. The van der Waals surface area contributed by atoms with E-state index in [4.69, 9.17) is 28.9 Å². The van der Waals surface area contributed by atoms with Gasteiger partial charge in [-0.25, -0.2) is 14.4 Å². The minimum Gasteiger partial charge on any atom is -0.383 e. The molecule has 1 fully saturated rings. The van der Waals surface area contributed by atoms with Crippen LogP contribution in [-0.2, 0) is 0 Å². The maximum absolute atomic E-state index is 13.9. The summed E-state index contributed by atoms with van der Waals surface area (Å²) in [4.78, 5) is 12.0. The van der Waals surface area contributed by atoms with Crippen LogP contribution >= 0.6 is 47.4 Å². The van der Waals surface area contributed by atoms with E-state index in [1.807, 2.05) is 31.3 Å². The highest BCUT2D eigenvalue weighted by atomic mass is 35.5. The van der Waals surface area contributed by atoms with Crippen LogP contribution in [0.4, 0.5) is 16.0 Å². The molecule has 2 aromatic heterocycles. The Morgan fingerprint density at radius 3 is 2.50 bits per heavy atom. The summed E-state index contributed by atoms with van der Waals surface area (Å²) < 4.78 is 13.9. The average molecular weight is 515 g/mol. The smallest absolute Gasteiger partial charge is 0.142 e. The standard InChI is InChI=1S/C22H22Cl2FN5S.ClH/c1-13(20-16(23)3-4-17(25)21(20)24)31-18-10-15(12-29-22(18)26)14-2-5-19(28-11-14)30-8-6-27-7-9-30;/h2-5,10-13,27H,6-9H2,1H3,(H2,26,29);1H. The van der Waals surface area contributed by atoms with Gasteiger partial charge in [0.05, 0.1) is 9.92 Å². The molecule has 3 heterocycles. The summed E-state index contributed by atoms with van der Waals surface area (Å²) in [5.74, 6) is 0.867. The highest BCUT2D eigenvalue weighted by Gasteiger charge is 2.20. The maximum atomic E-state index is 13.9. The second-order valence-corrected chi connectivity index (χ2v) is 9.43. The zero-order valence-electron chi connectivity index (χ0n) is 17.3. The van der Waals surface area contributed by atoms with Gasteiger partial charge in [-0.15, -0.1) is 24.2 Å². The van der Waals surface area contributed by atoms with Crippen LogP contribution < -0.4 is 16.0 Å². The molecule has 0 aliphatic carbocycles. The number of nitrogen functional groups attached to an aromatic ring is 1. The number of anilines is 2. The zero-order valence-corrected chi connectivity index (χ0v) is 20.5. The lowest BCUT2D eigenvalue weighted by atomic mass is 10.1. The number of nitrogens with one attached hydrogen (secondary N) is 1. The molecule has 32 heavy (non-hydrogen) atoms. The van der Waals surface area contributed by atoms with Gasteiger partial charge in [-0.05, 0) is 37.3 Å². The van der Waals surface area contributed by atoms with Crippen LogP contribution in [0.15, 0.2) is 47.6 Å². The molecule has 3 aromatic rings. The van der Waals surface area contributed by atoms with Crippen molar-refractivity contribution < 1.29 is 4.39 Å². The van der Waals surface area contributed by atoms with Crippen molar-refractivity contribution >= 4 is 59.0 Å². The van der Waals surface area contributed by atoms with Crippen LogP contribution in [0.1, 0.15) is 17.7 Å². The van der Waals surface area contributed by atoms with Crippen LogP contribution in [0.25, 0.3) is 11.1 Å². The Morgan fingerprint density at radius 2 is 1.81 bits per heavy atom. The van der Waals surface area contributed by atoms with Gasteiger partial charge in [0, 0.05) is 65.5 Å². The molecule has 1 saturated heterocycles. The van der Waals surface area contributed by atoms with Crippen LogP contribution in [0.3, 0.4) is 0 Å². The first-order valence-corrected chi connectivity index (χ1v) is 11.5. The van der Waals surface area contributed by atoms with Gasteiger partial charge >= 0.3 is 0 Å². The summed E-state index contributed by atoms with van der Waals surface area (Å²) in [5.41, 5.74) is 8.51. The van der Waals surface area contributed by atoms with Crippen LogP contribution in [-0.4, -0.2) is 36.1 Å². The van der Waals surface area contributed by atoms with E-state index >= 15 is 0 Å². The number of aromatic nitrogens is 2. The molecule has 1 aliphatic rings. The molecule has 1 unspecified atom stereocenters. The number of hydrogen-bond acceptors (Lipinski definition) is 6. The van der Waals surface area contributed by atoms with Gasteiger partial charge in [-0.1, -0.05) is 23.2 Å². The first kappa shape index (κ1) is 24.9. The molecule has 0 saturated carbocycles. The van der Waals surface area contributed by atoms with E-state index in [-0.39, 0.29) is 22.7 Å². The molecule has 5 nitrogen and oxygen atoms in total. The Labute approximate surface area is 207 Å². The fourth-order valence-electron chi connectivity index (χ4n) is 3.51. The van der Waals surface area contributed by atoms with Gasteiger partial charge in [0.2, 0.25) is 0 Å². The van der Waals surface area contributed by atoms with Crippen molar-refractivity contribution in [2.45, 2.75) is 17.1 Å². The summed E-state index contributed by atoms with van der Waals surface area (Å²) in [6, 6.07) is 8.80. The first-order valence-electron chi connectivity index (χ1n) is 9.91. The number of thioether (sulfide) groups is 1. The average Bonchev–Trinajstić information content (AvgIpc) is 2.79. The molecule has 3 N–H and O–H groups in total. The fourth-order valence-corrected chi connectivity index (χ4v) is 5.45. The van der Waals surface area contributed by atoms with E-state index in [2.05, 4.69) is 20.2 Å². The highest BCUT2D eigenvalue weighted by molar-refractivity contribution is 7.99. The van der Waals surface area contributed by atoms with E-state index in [0.29, 0.717) is 16.4 Å². The summed E-state index contributed by atoms with van der Waals surface area (Å²) in [5, 5.41) is 3.57. The molecule has 1 aliphatic heterocycles. The normalized spacial score (nSPS) is 14.7. The number of benzene rings is 1. The lowest BCUT2D eigenvalue weighted by molar-refractivity contribution is 0.585. The molecule has 4 rings (SSSR count). The summed E-state index contributed by atoms with van der Waals surface area (Å²) >= 11 is 13.9. The Balaban J connectivity index is 0.00000289. The number of rotatable bonds is 5. The van der Waals surface area contributed by atoms with Crippen molar-refractivity contribution in [3.8, 4) is 11.1 Å². The molecule has 10 heteroatoms. The summed E-state index contributed by atoms with van der Waals surface area (Å²) in [6.07, 6.45) is 3.58. The van der Waals surface area contributed by atoms with Gasteiger partial charge in [-0.2, -0.15) is 0 Å². The minimum atomic E-state index is -0.496. The zero-order chi connectivity index (χ0) is 22.0.